The summed E-state index contributed by atoms with van der Waals surface area (Å²) in [5.74, 6) is 1.35. The van der Waals surface area contributed by atoms with Crippen molar-refractivity contribution in [2.24, 2.45) is 0 Å². The number of hydrogen-bond acceptors (Lipinski definition) is 5. The second kappa shape index (κ2) is 5.13. The van der Waals surface area contributed by atoms with Gasteiger partial charge in [0.1, 0.15) is 11.6 Å². The van der Waals surface area contributed by atoms with E-state index in [1.54, 1.807) is 7.11 Å². The molecule has 5 rings (SSSR count). The summed E-state index contributed by atoms with van der Waals surface area (Å²) in [6.07, 6.45) is 1.49. The van der Waals surface area contributed by atoms with E-state index in [9.17, 15) is 9.90 Å². The van der Waals surface area contributed by atoms with Crippen LogP contribution in [-0.2, 0) is 20.9 Å². The minimum Gasteiger partial charge on any atom is -0.493 e. The van der Waals surface area contributed by atoms with Crippen LogP contribution in [0.5, 0.6) is 11.5 Å². The number of methoxy groups -OCH3 is 1. The highest BCUT2D eigenvalue weighted by molar-refractivity contribution is 6.07. The number of carbonyl (C=O) groups excluding carboxylic acids is 1. The lowest BCUT2D eigenvalue weighted by atomic mass is 9.48. The SMILES string of the molecule is COc1ccc2c3c1O[C@H]1C(=O)CC[C@@]4(O)C(C2)[N@+](C)(COCl)CC[C@]314. The molecule has 6 nitrogen and oxygen atoms in total. The topological polar surface area (TPSA) is 65.0 Å². The van der Waals surface area contributed by atoms with E-state index in [1.165, 1.54) is 0 Å². The molecule has 0 aromatic heterocycles. The van der Waals surface area contributed by atoms with Crippen LogP contribution in [0.2, 0.25) is 0 Å². The molecule has 0 radical (unpaired) electrons. The van der Waals surface area contributed by atoms with E-state index in [-0.39, 0.29) is 11.8 Å². The molecule has 1 aromatic rings. The summed E-state index contributed by atoms with van der Waals surface area (Å²) >= 11 is 5.63. The van der Waals surface area contributed by atoms with Gasteiger partial charge in [0.05, 0.1) is 38.0 Å². The lowest BCUT2D eigenvalue weighted by Crippen LogP contribution is -2.80. The van der Waals surface area contributed by atoms with Crippen molar-refractivity contribution < 1.29 is 28.1 Å². The molecule has 0 amide bonds. The molecule has 5 atom stereocenters. The molecular formula is C19H23ClNO5+. The fourth-order valence-corrected chi connectivity index (χ4v) is 6.47. The quantitative estimate of drug-likeness (QED) is 0.808. The minimum absolute atomic E-state index is 0.0734. The summed E-state index contributed by atoms with van der Waals surface area (Å²) in [4.78, 5) is 12.8. The largest absolute Gasteiger partial charge is 0.493 e. The van der Waals surface area contributed by atoms with Crippen LogP contribution >= 0.6 is 11.9 Å². The molecular weight excluding hydrogens is 358 g/mol. The van der Waals surface area contributed by atoms with Crippen molar-refractivity contribution in [3.05, 3.63) is 23.3 Å². The maximum Gasteiger partial charge on any atom is 0.202 e. The molecule has 1 saturated heterocycles. The van der Waals surface area contributed by atoms with Gasteiger partial charge in [0, 0.05) is 24.8 Å². The number of hydrogen-bond donors (Lipinski definition) is 1. The summed E-state index contributed by atoms with van der Waals surface area (Å²) in [5, 5.41) is 12.1. The van der Waals surface area contributed by atoms with Gasteiger partial charge in [-0.2, -0.15) is 0 Å². The Morgan fingerprint density at radius 1 is 1.42 bits per heavy atom. The number of nitrogens with zero attached hydrogens (tertiary/aromatic N) is 1. The highest BCUT2D eigenvalue weighted by Gasteiger charge is 2.76. The Morgan fingerprint density at radius 3 is 2.96 bits per heavy atom. The molecule has 1 unspecified atom stereocenters. The summed E-state index contributed by atoms with van der Waals surface area (Å²) in [7, 11) is 3.68. The molecule has 2 aliphatic heterocycles. The molecule has 1 saturated carbocycles. The molecule has 26 heavy (non-hydrogen) atoms. The lowest BCUT2D eigenvalue weighted by molar-refractivity contribution is -0.962. The normalized spacial score (nSPS) is 42.2. The number of benzene rings is 1. The van der Waals surface area contributed by atoms with Crippen LogP contribution in [0.3, 0.4) is 0 Å². The highest BCUT2D eigenvalue weighted by Crippen LogP contribution is 2.65. The molecule has 1 N–H and O–H groups in total. The van der Waals surface area contributed by atoms with Crippen LogP contribution in [0, 0.1) is 0 Å². The molecule has 1 spiro atoms. The van der Waals surface area contributed by atoms with Crippen LogP contribution in [0.25, 0.3) is 0 Å². The lowest BCUT2D eigenvalue weighted by Gasteiger charge is -2.63. The van der Waals surface area contributed by atoms with Crippen LogP contribution < -0.4 is 9.47 Å². The average molecular weight is 381 g/mol. The zero-order valence-electron chi connectivity index (χ0n) is 15.0. The Labute approximate surface area is 157 Å². The average Bonchev–Trinajstić information content (AvgIpc) is 2.98. The fraction of sp³-hybridized carbons (Fsp3) is 0.632. The summed E-state index contributed by atoms with van der Waals surface area (Å²) in [5.41, 5.74) is 0.394. The van der Waals surface area contributed by atoms with Crippen LogP contribution in [0.15, 0.2) is 12.1 Å². The van der Waals surface area contributed by atoms with Crippen molar-refractivity contribution in [2.45, 2.75) is 48.8 Å². The smallest absolute Gasteiger partial charge is 0.202 e. The Balaban J connectivity index is 1.79. The molecule has 2 fully saturated rings. The van der Waals surface area contributed by atoms with Crippen molar-refractivity contribution in [1.82, 2.24) is 0 Å². The first-order chi connectivity index (χ1) is 12.4. The van der Waals surface area contributed by atoms with E-state index in [4.69, 9.17) is 25.6 Å². The fourth-order valence-electron chi connectivity index (χ4n) is 6.25. The number of Topliss-reactive ketones (excluding diaryl/α,β-unsaturated/α-hetero) is 1. The predicted molar refractivity (Wildman–Crippen MR) is 93.2 cm³/mol. The first kappa shape index (κ1) is 16.8. The van der Waals surface area contributed by atoms with Crippen LogP contribution in [0.4, 0.5) is 0 Å². The first-order valence-electron chi connectivity index (χ1n) is 9.11. The highest BCUT2D eigenvalue weighted by atomic mass is 35.5. The molecule has 140 valence electrons. The van der Waals surface area contributed by atoms with Crippen molar-refractivity contribution in [1.29, 1.82) is 0 Å². The number of likely N-dealkylation sites (tertiary alicyclic amines) is 1. The Kier molecular flexibility index (Phi) is 3.32. The third-order valence-electron chi connectivity index (χ3n) is 7.45. The number of aliphatic hydroxyl groups is 1. The van der Waals surface area contributed by atoms with Crippen molar-refractivity contribution in [3.8, 4) is 11.5 Å². The number of ketones is 1. The van der Waals surface area contributed by atoms with Crippen molar-refractivity contribution >= 4 is 17.6 Å². The van der Waals surface area contributed by atoms with Gasteiger partial charge in [0.2, 0.25) is 6.73 Å². The van der Waals surface area contributed by atoms with Gasteiger partial charge in [-0.15, -0.1) is 0 Å². The third kappa shape index (κ3) is 1.68. The first-order valence-corrected chi connectivity index (χ1v) is 9.42. The number of quaternary nitrogens is 1. The number of piperidine rings is 1. The van der Waals surface area contributed by atoms with E-state index in [0.717, 1.165) is 17.7 Å². The predicted octanol–water partition coefficient (Wildman–Crippen LogP) is 1.69. The maximum atomic E-state index is 12.8. The molecule has 4 aliphatic rings. The molecule has 1 aromatic carbocycles. The van der Waals surface area contributed by atoms with Crippen LogP contribution in [-0.4, -0.2) is 60.6 Å². The zero-order chi connectivity index (χ0) is 18.3. The summed E-state index contributed by atoms with van der Waals surface area (Å²) in [6.45, 7) is 1.09. The Hall–Kier alpha value is -1.34. The molecule has 2 bridgehead atoms. The monoisotopic (exact) mass is 380 g/mol. The zero-order valence-corrected chi connectivity index (χ0v) is 15.7. The maximum absolute atomic E-state index is 12.8. The number of carbonyl (C=O) groups is 1. The summed E-state index contributed by atoms with van der Waals surface area (Å²) < 4.78 is 17.2. The van der Waals surface area contributed by atoms with Gasteiger partial charge in [0.25, 0.3) is 0 Å². The van der Waals surface area contributed by atoms with E-state index in [0.29, 0.717) is 48.4 Å². The number of halogens is 1. The van der Waals surface area contributed by atoms with Gasteiger partial charge in [-0.25, -0.2) is 4.29 Å². The number of likely N-dealkylation sites (N-methyl/N-ethyl adjacent to an activating group) is 1. The number of ether oxygens (including phenoxy) is 2. The minimum atomic E-state index is -1.03. The van der Waals surface area contributed by atoms with E-state index in [1.807, 2.05) is 12.1 Å². The third-order valence-corrected chi connectivity index (χ3v) is 7.55. The van der Waals surface area contributed by atoms with Gasteiger partial charge in [-0.05, 0) is 18.1 Å². The number of rotatable bonds is 3. The van der Waals surface area contributed by atoms with Gasteiger partial charge in [-0.1, -0.05) is 6.07 Å². The Bertz CT molecular complexity index is 815. The standard InChI is InChI=1S/C19H23ClNO5/c1-21(10-25-20)8-7-18-15-11-3-4-13(24-2)16(15)26-17(18)12(22)5-6-19(18,23)14(21)9-11/h3-4,14,17,23H,5-10H2,1-2H3/q+1/t14?,17-,18-,19+,21-/m0/s1. The van der Waals surface area contributed by atoms with E-state index < -0.39 is 17.1 Å². The molecule has 7 heteroatoms. The second-order valence-corrected chi connectivity index (χ2v) is 8.62. The second-order valence-electron chi connectivity index (χ2n) is 8.40. The van der Waals surface area contributed by atoms with E-state index >= 15 is 0 Å². The van der Waals surface area contributed by atoms with E-state index in [2.05, 4.69) is 7.05 Å². The Morgan fingerprint density at radius 2 is 2.23 bits per heavy atom. The van der Waals surface area contributed by atoms with Crippen molar-refractivity contribution in [2.75, 3.05) is 27.4 Å². The van der Waals surface area contributed by atoms with Gasteiger partial charge >= 0.3 is 0 Å². The van der Waals surface area contributed by atoms with Crippen molar-refractivity contribution in [3.63, 3.8) is 0 Å². The summed E-state index contributed by atoms with van der Waals surface area (Å²) in [6, 6.07) is 3.85. The van der Waals surface area contributed by atoms with Gasteiger partial charge in [-0.3, -0.25) is 9.28 Å². The molecule has 2 heterocycles. The van der Waals surface area contributed by atoms with Crippen LogP contribution in [0.1, 0.15) is 30.4 Å². The van der Waals surface area contributed by atoms with Gasteiger partial charge < -0.3 is 14.6 Å². The molecule has 2 aliphatic carbocycles. The van der Waals surface area contributed by atoms with Gasteiger partial charge in [0.15, 0.2) is 23.4 Å².